The van der Waals surface area contributed by atoms with Gasteiger partial charge in [0.2, 0.25) is 5.89 Å². The Bertz CT molecular complexity index is 1380. The van der Waals surface area contributed by atoms with Crippen LogP contribution in [0.2, 0.25) is 0 Å². The van der Waals surface area contributed by atoms with Gasteiger partial charge in [0, 0.05) is 43.9 Å². The average molecular weight is 476 g/mol. The van der Waals surface area contributed by atoms with Gasteiger partial charge in [-0.3, -0.25) is 9.48 Å². The van der Waals surface area contributed by atoms with Crippen molar-refractivity contribution in [1.29, 1.82) is 0 Å². The fourth-order valence-corrected chi connectivity index (χ4v) is 4.79. The second-order valence-corrected chi connectivity index (χ2v) is 10.2. The zero-order valence-corrected chi connectivity index (χ0v) is 20.2. The number of hydrogen-bond donors (Lipinski definition) is 1. The lowest BCUT2D eigenvalue weighted by Gasteiger charge is -2.38. The van der Waals surface area contributed by atoms with Gasteiger partial charge >= 0.3 is 0 Å². The first kappa shape index (κ1) is 21.8. The van der Waals surface area contributed by atoms with Gasteiger partial charge in [0.15, 0.2) is 5.82 Å². The summed E-state index contributed by atoms with van der Waals surface area (Å²) in [4.78, 5) is 24.2. The maximum atomic E-state index is 12.6. The van der Waals surface area contributed by atoms with Crippen molar-refractivity contribution in [3.63, 3.8) is 0 Å². The van der Waals surface area contributed by atoms with E-state index in [2.05, 4.69) is 44.4 Å². The van der Waals surface area contributed by atoms with Crippen LogP contribution >= 0.6 is 0 Å². The molecule has 1 aliphatic heterocycles. The van der Waals surface area contributed by atoms with Crippen LogP contribution in [0.3, 0.4) is 0 Å². The Balaban J connectivity index is 1.13. The van der Waals surface area contributed by atoms with Crippen LogP contribution in [0.25, 0.3) is 16.8 Å². The van der Waals surface area contributed by atoms with Crippen LogP contribution < -0.4 is 10.2 Å². The highest BCUT2D eigenvalue weighted by molar-refractivity contribution is 5.90. The summed E-state index contributed by atoms with van der Waals surface area (Å²) < 4.78 is 8.96. The van der Waals surface area contributed by atoms with Crippen LogP contribution in [0, 0.1) is 11.8 Å². The minimum Gasteiger partial charge on any atom is -0.355 e. The van der Waals surface area contributed by atoms with Crippen molar-refractivity contribution >= 4 is 17.2 Å². The number of carbonyl (C=O) groups excluding carboxylic acids is 1. The maximum Gasteiger partial charge on any atom is 0.292 e. The molecule has 11 nitrogen and oxygen atoms in total. The van der Waals surface area contributed by atoms with Gasteiger partial charge in [-0.05, 0) is 37.2 Å². The van der Waals surface area contributed by atoms with E-state index < -0.39 is 0 Å². The number of nitrogens with one attached hydrogen (secondary N) is 1. The maximum absolute atomic E-state index is 12.6. The number of amides is 1. The first-order valence-electron chi connectivity index (χ1n) is 12.1. The standard InChI is InChI=1S/C24H29N9O2/c1-15-12-32(21-19-4-8-26-33(19)14-18(28-21)17-11-27-31(3)13-17)9-5-16(15)10-25-22(34)20-29-23(35-30-20)24(2)6-7-24/h4,8,11,13-16H,5-7,9-10,12H2,1-3H3,(H,25,34)/t15-,16+/m1/s1. The minimum atomic E-state index is -0.273. The van der Waals surface area contributed by atoms with Gasteiger partial charge in [0.1, 0.15) is 5.52 Å². The lowest BCUT2D eigenvalue weighted by Crippen LogP contribution is -2.44. The van der Waals surface area contributed by atoms with E-state index in [4.69, 9.17) is 9.51 Å². The average Bonchev–Trinajstić information content (AvgIpc) is 3.29. The quantitative estimate of drug-likeness (QED) is 0.452. The molecular weight excluding hydrogens is 446 g/mol. The van der Waals surface area contributed by atoms with Crippen LogP contribution in [0.1, 0.15) is 49.6 Å². The molecule has 1 saturated heterocycles. The Morgan fingerprint density at radius 3 is 2.86 bits per heavy atom. The molecule has 1 N–H and O–H groups in total. The third kappa shape index (κ3) is 4.04. The van der Waals surface area contributed by atoms with Crippen LogP contribution in [-0.4, -0.2) is 60.1 Å². The molecule has 1 aliphatic carbocycles. The molecule has 2 fully saturated rings. The SMILES string of the molecule is C[C@@H]1CN(c2nc(-c3cnn(C)c3)cn3nccc23)CC[C@H]1CNC(=O)c1noc(C2(C)CC2)n1. The smallest absolute Gasteiger partial charge is 0.292 e. The Hall–Kier alpha value is -3.76. The Kier molecular flexibility index (Phi) is 5.08. The van der Waals surface area contributed by atoms with Gasteiger partial charge in [-0.2, -0.15) is 15.2 Å². The lowest BCUT2D eigenvalue weighted by atomic mass is 9.86. The minimum absolute atomic E-state index is 0.0455. The zero-order valence-electron chi connectivity index (χ0n) is 20.2. The second-order valence-electron chi connectivity index (χ2n) is 10.2. The lowest BCUT2D eigenvalue weighted by molar-refractivity contribution is 0.0926. The molecule has 182 valence electrons. The van der Waals surface area contributed by atoms with Gasteiger partial charge in [-0.25, -0.2) is 9.50 Å². The van der Waals surface area contributed by atoms with E-state index in [9.17, 15) is 4.79 Å². The third-order valence-corrected chi connectivity index (χ3v) is 7.42. The van der Waals surface area contributed by atoms with Gasteiger partial charge in [0.05, 0.1) is 24.3 Å². The van der Waals surface area contributed by atoms with Crippen molar-refractivity contribution in [3.8, 4) is 11.3 Å². The molecule has 11 heteroatoms. The normalized spacial score (nSPS) is 21.4. The summed E-state index contributed by atoms with van der Waals surface area (Å²) in [7, 11) is 1.90. The van der Waals surface area contributed by atoms with Crippen molar-refractivity contribution in [3.05, 3.63) is 42.6 Å². The molecule has 0 spiro atoms. The molecule has 6 rings (SSSR count). The number of hydrogen-bond acceptors (Lipinski definition) is 8. The monoisotopic (exact) mass is 475 g/mol. The number of fused-ring (bicyclic) bond motifs is 1. The van der Waals surface area contributed by atoms with Gasteiger partial charge < -0.3 is 14.7 Å². The number of carbonyl (C=O) groups is 1. The van der Waals surface area contributed by atoms with Crippen molar-refractivity contribution in [2.45, 2.75) is 38.5 Å². The molecule has 0 radical (unpaired) electrons. The van der Waals surface area contributed by atoms with E-state index in [1.165, 1.54) is 0 Å². The molecule has 2 aliphatic rings. The fourth-order valence-electron chi connectivity index (χ4n) is 4.79. The molecule has 0 bridgehead atoms. The van der Waals surface area contributed by atoms with Crippen LogP contribution in [0.4, 0.5) is 5.82 Å². The highest BCUT2D eigenvalue weighted by atomic mass is 16.5. The molecule has 5 heterocycles. The molecular formula is C24H29N9O2. The first-order valence-corrected chi connectivity index (χ1v) is 12.1. The number of anilines is 1. The first-order chi connectivity index (χ1) is 16.9. The van der Waals surface area contributed by atoms with Crippen molar-refractivity contribution in [2.24, 2.45) is 18.9 Å². The predicted octanol–water partition coefficient (Wildman–Crippen LogP) is 2.46. The fraction of sp³-hybridized carbons (Fsp3) is 0.500. The number of rotatable bonds is 6. The summed E-state index contributed by atoms with van der Waals surface area (Å²) in [5.41, 5.74) is 2.73. The van der Waals surface area contributed by atoms with Crippen LogP contribution in [0.15, 0.2) is 35.4 Å². The zero-order chi connectivity index (χ0) is 24.2. The summed E-state index contributed by atoms with van der Waals surface area (Å²) in [5, 5.41) is 15.6. The summed E-state index contributed by atoms with van der Waals surface area (Å²) >= 11 is 0. The molecule has 1 amide bonds. The van der Waals surface area contributed by atoms with Crippen molar-refractivity contribution in [2.75, 3.05) is 24.5 Å². The molecule has 4 aromatic rings. The molecule has 4 aromatic heterocycles. The highest BCUT2D eigenvalue weighted by Crippen LogP contribution is 2.46. The van der Waals surface area contributed by atoms with Crippen molar-refractivity contribution < 1.29 is 9.32 Å². The van der Waals surface area contributed by atoms with Gasteiger partial charge in [-0.1, -0.05) is 19.0 Å². The predicted molar refractivity (Wildman–Crippen MR) is 128 cm³/mol. The molecule has 0 aromatic carbocycles. The third-order valence-electron chi connectivity index (χ3n) is 7.42. The van der Waals surface area contributed by atoms with E-state index in [1.54, 1.807) is 10.9 Å². The summed E-state index contributed by atoms with van der Waals surface area (Å²) in [6.07, 6.45) is 10.5. The number of aromatic nitrogens is 7. The van der Waals surface area contributed by atoms with Crippen molar-refractivity contribution in [1.82, 2.24) is 39.8 Å². The van der Waals surface area contributed by atoms with E-state index in [-0.39, 0.29) is 17.1 Å². The van der Waals surface area contributed by atoms with Gasteiger partial charge in [-0.15, -0.1) is 0 Å². The van der Waals surface area contributed by atoms with E-state index >= 15 is 0 Å². The Morgan fingerprint density at radius 2 is 2.11 bits per heavy atom. The van der Waals surface area contributed by atoms with E-state index in [0.717, 1.165) is 54.9 Å². The Morgan fingerprint density at radius 1 is 1.26 bits per heavy atom. The highest BCUT2D eigenvalue weighted by Gasteiger charge is 2.45. The summed E-state index contributed by atoms with van der Waals surface area (Å²) in [6, 6.07) is 1.99. The van der Waals surface area contributed by atoms with Gasteiger partial charge in [0.25, 0.3) is 11.7 Å². The molecule has 0 unspecified atom stereocenters. The van der Waals surface area contributed by atoms with E-state index in [0.29, 0.717) is 24.3 Å². The molecule has 2 atom stereocenters. The largest absolute Gasteiger partial charge is 0.355 e. The molecule has 1 saturated carbocycles. The number of aryl methyl sites for hydroxylation is 1. The van der Waals surface area contributed by atoms with Crippen LogP contribution in [0.5, 0.6) is 0 Å². The summed E-state index contributed by atoms with van der Waals surface area (Å²) in [6.45, 7) is 6.58. The van der Waals surface area contributed by atoms with E-state index in [1.807, 2.05) is 36.2 Å². The number of nitrogens with zero attached hydrogens (tertiary/aromatic N) is 8. The second kappa shape index (κ2) is 8.17. The number of piperidine rings is 1. The molecule has 35 heavy (non-hydrogen) atoms. The topological polar surface area (TPSA) is 119 Å². The van der Waals surface area contributed by atoms with Crippen LogP contribution in [-0.2, 0) is 12.5 Å². The summed E-state index contributed by atoms with van der Waals surface area (Å²) in [5.74, 6) is 2.05. The Labute approximate surface area is 202 Å².